The smallest absolute Gasteiger partial charge is 0.338 e. The van der Waals surface area contributed by atoms with Gasteiger partial charge in [0, 0.05) is 33.9 Å². The molecule has 218 valence electrons. The zero-order valence-electron chi connectivity index (χ0n) is 24.7. The summed E-state index contributed by atoms with van der Waals surface area (Å²) in [5, 5.41) is 0. The molecule has 0 aliphatic rings. The van der Waals surface area contributed by atoms with Crippen molar-refractivity contribution < 1.29 is 33.0 Å². The normalized spacial score (nSPS) is 10.8. The number of benzene rings is 3. The third kappa shape index (κ3) is 8.51. The van der Waals surface area contributed by atoms with Gasteiger partial charge in [0.05, 0.1) is 5.56 Å². The number of hydrogen-bond acceptors (Lipinski definition) is 6. The molecule has 43 heavy (non-hydrogen) atoms. The van der Waals surface area contributed by atoms with Crippen LogP contribution in [0.25, 0.3) is 11.1 Å². The van der Waals surface area contributed by atoms with E-state index < -0.39 is 23.7 Å². The maximum Gasteiger partial charge on any atom is 0.338 e. The van der Waals surface area contributed by atoms with E-state index >= 15 is 4.39 Å². The Morgan fingerprint density at radius 3 is 1.58 bits per heavy atom. The van der Waals surface area contributed by atoms with Crippen molar-refractivity contribution in [2.24, 2.45) is 0 Å². The lowest BCUT2D eigenvalue weighted by molar-refractivity contribution is -0.130. The van der Waals surface area contributed by atoms with Gasteiger partial charge in [-0.15, -0.1) is 0 Å². The van der Waals surface area contributed by atoms with Crippen molar-refractivity contribution in [2.45, 2.75) is 34.6 Å². The monoisotopic (exact) mass is 578 g/mol. The minimum atomic E-state index is -0.666. The molecule has 3 aromatic carbocycles. The molecule has 0 bridgehead atoms. The molecule has 0 unspecified atom stereocenters. The van der Waals surface area contributed by atoms with Gasteiger partial charge in [0.2, 0.25) is 0 Å². The molecule has 0 saturated heterocycles. The third-order valence-corrected chi connectivity index (χ3v) is 6.19. The Balaban J connectivity index is 1.98. The predicted octanol–water partition coefficient (Wildman–Crippen LogP) is 7.62. The largest absolute Gasteiger partial charge is 0.423 e. The van der Waals surface area contributed by atoms with Crippen LogP contribution in [0, 0.1) is 17.7 Å². The highest BCUT2D eigenvalue weighted by Gasteiger charge is 2.17. The Morgan fingerprint density at radius 1 is 0.628 bits per heavy atom. The molecule has 0 amide bonds. The van der Waals surface area contributed by atoms with Gasteiger partial charge in [-0.3, -0.25) is 0 Å². The molecule has 7 heteroatoms. The number of ether oxygens (including phenoxy) is 3. The molecule has 0 fully saturated rings. The molecule has 0 aromatic heterocycles. The molecule has 0 atom stereocenters. The van der Waals surface area contributed by atoms with Crippen LogP contribution in [0.15, 0.2) is 97.1 Å². The van der Waals surface area contributed by atoms with Crippen LogP contribution in [0.3, 0.4) is 0 Å². The van der Waals surface area contributed by atoms with Gasteiger partial charge in [0.1, 0.15) is 23.1 Å². The minimum absolute atomic E-state index is 0.0141. The number of carbonyl (C=O) groups excluding carboxylic acids is 3. The lowest BCUT2D eigenvalue weighted by atomic mass is 9.95. The van der Waals surface area contributed by atoms with Gasteiger partial charge in [-0.05, 0) is 93.8 Å². The zero-order valence-corrected chi connectivity index (χ0v) is 24.7. The van der Waals surface area contributed by atoms with Crippen LogP contribution in [-0.2, 0) is 14.4 Å². The lowest BCUT2D eigenvalue weighted by Crippen LogP contribution is -2.10. The van der Waals surface area contributed by atoms with Crippen molar-refractivity contribution in [1.29, 1.82) is 0 Å². The summed E-state index contributed by atoms with van der Waals surface area (Å²) in [6.07, 6.45) is 0. The van der Waals surface area contributed by atoms with Gasteiger partial charge >= 0.3 is 17.9 Å². The second kappa shape index (κ2) is 13.9. The summed E-state index contributed by atoms with van der Waals surface area (Å²) in [4.78, 5) is 36.0. The van der Waals surface area contributed by atoms with Crippen LogP contribution in [-0.4, -0.2) is 17.9 Å². The van der Waals surface area contributed by atoms with E-state index in [1.165, 1.54) is 19.1 Å². The van der Waals surface area contributed by atoms with Crippen LogP contribution in [0.1, 0.15) is 56.9 Å². The minimum Gasteiger partial charge on any atom is -0.423 e. The zero-order chi connectivity index (χ0) is 31.8. The fourth-order valence-corrected chi connectivity index (χ4v) is 3.54. The average Bonchev–Trinajstić information content (AvgIpc) is 2.97. The average molecular weight is 579 g/mol. The van der Waals surface area contributed by atoms with E-state index in [2.05, 4.69) is 31.6 Å². The standard InChI is InChI=1S/C36H31FO6/c1-21(2)34(38)41-29-15-10-26(11-16-29)9-12-28-19-33(43-36(40)23(5)6)31(20-32(28)37)25(8)24(7)27-13-17-30(18-14-27)42-35(39)22(3)4/h10-11,13-20H,1,3,5H2,2,4,6-8H3. The SMILES string of the molecule is C=C(C)C(=O)Oc1ccc(C#Cc2cc(OC(=O)C(=C)C)c(C(C)=C(C)c3ccc(OC(=O)C(=C)C)cc3)cc2F)cc1. The van der Waals surface area contributed by atoms with Crippen molar-refractivity contribution in [3.05, 3.63) is 125 Å². The highest BCUT2D eigenvalue weighted by Crippen LogP contribution is 2.34. The van der Waals surface area contributed by atoms with E-state index in [1.807, 2.05) is 6.92 Å². The Hall–Kier alpha value is -5.48. The molecular weight excluding hydrogens is 547 g/mol. The molecule has 0 spiro atoms. The fraction of sp³-hybridized carbons (Fsp3) is 0.139. The first-order chi connectivity index (χ1) is 20.3. The Labute approximate surface area is 250 Å². The van der Waals surface area contributed by atoms with Crippen molar-refractivity contribution in [3.8, 4) is 29.1 Å². The number of halogens is 1. The number of esters is 3. The highest BCUT2D eigenvalue weighted by atomic mass is 19.1. The summed E-state index contributed by atoms with van der Waals surface area (Å²) in [7, 11) is 0. The summed E-state index contributed by atoms with van der Waals surface area (Å²) in [5.74, 6) is 4.10. The fourth-order valence-electron chi connectivity index (χ4n) is 3.54. The van der Waals surface area contributed by atoms with Crippen LogP contribution in [0.5, 0.6) is 17.2 Å². The molecule has 0 saturated carbocycles. The van der Waals surface area contributed by atoms with Gasteiger partial charge in [0.25, 0.3) is 0 Å². The first-order valence-corrected chi connectivity index (χ1v) is 13.1. The quantitative estimate of drug-likeness (QED) is 0.0900. The second-order valence-corrected chi connectivity index (χ2v) is 9.89. The molecule has 0 aliphatic carbocycles. The molecule has 3 aromatic rings. The Kier molecular flexibility index (Phi) is 10.4. The van der Waals surface area contributed by atoms with Crippen molar-refractivity contribution >= 4 is 29.1 Å². The summed E-state index contributed by atoms with van der Waals surface area (Å²) in [6.45, 7) is 19.0. The maximum absolute atomic E-state index is 15.4. The van der Waals surface area contributed by atoms with Crippen molar-refractivity contribution in [1.82, 2.24) is 0 Å². The maximum atomic E-state index is 15.4. The van der Waals surface area contributed by atoms with Gasteiger partial charge in [0.15, 0.2) is 0 Å². The number of rotatable bonds is 8. The Morgan fingerprint density at radius 2 is 1.09 bits per heavy atom. The molecule has 0 heterocycles. The topological polar surface area (TPSA) is 78.9 Å². The lowest BCUT2D eigenvalue weighted by Gasteiger charge is -2.15. The molecular formula is C36H31FO6. The highest BCUT2D eigenvalue weighted by molar-refractivity contribution is 5.94. The van der Waals surface area contributed by atoms with Crippen LogP contribution >= 0.6 is 0 Å². The number of allylic oxidation sites excluding steroid dienone is 2. The number of carbonyl (C=O) groups is 3. The van der Waals surface area contributed by atoms with Gasteiger partial charge in [-0.25, -0.2) is 18.8 Å². The second-order valence-electron chi connectivity index (χ2n) is 9.89. The molecule has 0 N–H and O–H groups in total. The molecule has 0 radical (unpaired) electrons. The van der Waals surface area contributed by atoms with E-state index in [4.69, 9.17) is 14.2 Å². The van der Waals surface area contributed by atoms with Gasteiger partial charge in [-0.1, -0.05) is 43.7 Å². The van der Waals surface area contributed by atoms with E-state index in [0.717, 1.165) is 11.1 Å². The number of hydrogen-bond donors (Lipinski definition) is 0. The van der Waals surface area contributed by atoms with E-state index in [1.54, 1.807) is 69.3 Å². The molecule has 3 rings (SSSR count). The predicted molar refractivity (Wildman–Crippen MR) is 165 cm³/mol. The summed E-state index contributed by atoms with van der Waals surface area (Å²) >= 11 is 0. The summed E-state index contributed by atoms with van der Waals surface area (Å²) in [6, 6.07) is 15.9. The van der Waals surface area contributed by atoms with E-state index in [-0.39, 0.29) is 28.0 Å². The van der Waals surface area contributed by atoms with Crippen LogP contribution in [0.4, 0.5) is 4.39 Å². The summed E-state index contributed by atoms with van der Waals surface area (Å²) < 4.78 is 31.4. The van der Waals surface area contributed by atoms with Crippen molar-refractivity contribution in [2.75, 3.05) is 0 Å². The molecule has 6 nitrogen and oxygen atoms in total. The first kappa shape index (κ1) is 32.0. The van der Waals surface area contributed by atoms with Crippen LogP contribution < -0.4 is 14.2 Å². The van der Waals surface area contributed by atoms with E-state index in [0.29, 0.717) is 28.2 Å². The van der Waals surface area contributed by atoms with Gasteiger partial charge in [-0.2, -0.15) is 0 Å². The van der Waals surface area contributed by atoms with Crippen molar-refractivity contribution in [3.63, 3.8) is 0 Å². The first-order valence-electron chi connectivity index (χ1n) is 13.1. The van der Waals surface area contributed by atoms with Gasteiger partial charge < -0.3 is 14.2 Å². The third-order valence-electron chi connectivity index (χ3n) is 6.19. The summed E-state index contributed by atoms with van der Waals surface area (Å²) in [5.41, 5.74) is 3.85. The molecule has 0 aliphatic heterocycles. The van der Waals surface area contributed by atoms with E-state index in [9.17, 15) is 14.4 Å². The Bertz CT molecular complexity index is 1730. The van der Waals surface area contributed by atoms with Crippen LogP contribution in [0.2, 0.25) is 0 Å².